The minimum atomic E-state index is -1.08. The van der Waals surface area contributed by atoms with Crippen molar-refractivity contribution in [2.45, 2.75) is 69.9 Å². The lowest BCUT2D eigenvalue weighted by atomic mass is 9.99. The molecule has 0 radical (unpaired) electrons. The van der Waals surface area contributed by atoms with Gasteiger partial charge in [0.2, 0.25) is 0 Å². The maximum absolute atomic E-state index is 11.6. The number of rotatable bonds is 10. The Morgan fingerprint density at radius 1 is 1.00 bits per heavy atom. The van der Waals surface area contributed by atoms with E-state index in [-0.39, 0.29) is 0 Å². The average molecular weight is 404 g/mol. The normalized spacial score (nSPS) is 27.5. The van der Waals surface area contributed by atoms with E-state index in [1.165, 1.54) is 32.5 Å². The van der Waals surface area contributed by atoms with E-state index < -0.39 is 54.4 Å². The lowest BCUT2D eigenvalue weighted by Gasteiger charge is -2.44. The highest BCUT2D eigenvalue weighted by Gasteiger charge is 2.51. The van der Waals surface area contributed by atoms with Crippen LogP contribution in [0.4, 0.5) is 0 Å². The number of allylic oxidation sites excluding steroid dienone is 1. The second-order valence-electron chi connectivity index (χ2n) is 6.10. The van der Waals surface area contributed by atoms with Crippen LogP contribution in [0.15, 0.2) is 12.7 Å². The SMILES string of the molecule is C=CCCCCS[C@H]1O[C@H](CO)[C@H](OC(C)=O)[C@H](OC(C)=O)[C@H]1OC(C)=O. The molecule has 5 atom stereocenters. The van der Waals surface area contributed by atoms with E-state index in [2.05, 4.69) is 6.58 Å². The molecule has 0 aromatic carbocycles. The molecular formula is C18H28O8S. The highest BCUT2D eigenvalue weighted by atomic mass is 32.2. The van der Waals surface area contributed by atoms with Gasteiger partial charge < -0.3 is 24.1 Å². The Morgan fingerprint density at radius 2 is 1.56 bits per heavy atom. The molecule has 0 spiro atoms. The molecule has 0 amide bonds. The molecule has 1 saturated heterocycles. The van der Waals surface area contributed by atoms with Gasteiger partial charge in [-0.2, -0.15) is 0 Å². The van der Waals surface area contributed by atoms with Crippen molar-refractivity contribution >= 4 is 29.7 Å². The lowest BCUT2D eigenvalue weighted by molar-refractivity contribution is -0.236. The van der Waals surface area contributed by atoms with Gasteiger partial charge in [-0.05, 0) is 25.0 Å². The minimum Gasteiger partial charge on any atom is -0.456 e. The van der Waals surface area contributed by atoms with Gasteiger partial charge >= 0.3 is 17.9 Å². The number of thioether (sulfide) groups is 1. The van der Waals surface area contributed by atoms with Crippen LogP contribution in [0.2, 0.25) is 0 Å². The van der Waals surface area contributed by atoms with Crippen molar-refractivity contribution in [3.8, 4) is 0 Å². The Morgan fingerprint density at radius 3 is 2.07 bits per heavy atom. The summed E-state index contributed by atoms with van der Waals surface area (Å²) < 4.78 is 21.7. The molecule has 1 heterocycles. The van der Waals surface area contributed by atoms with Gasteiger partial charge in [0.05, 0.1) is 6.61 Å². The fourth-order valence-corrected chi connectivity index (χ4v) is 3.95. The first-order valence-corrected chi connectivity index (χ1v) is 9.85. The molecule has 0 bridgehead atoms. The standard InChI is InChI=1S/C18H28O8S/c1-5-6-7-8-9-27-18-17(25-13(4)22)16(24-12(3)21)15(23-11(2)20)14(10-19)26-18/h5,14-19H,1,6-10H2,2-4H3/t14-,15+,16+,17-,18-/m1/s1. The smallest absolute Gasteiger partial charge is 0.303 e. The zero-order valence-corrected chi connectivity index (χ0v) is 16.7. The molecule has 154 valence electrons. The molecule has 1 N–H and O–H groups in total. The summed E-state index contributed by atoms with van der Waals surface area (Å²) in [6, 6.07) is 0. The number of unbranched alkanes of at least 4 members (excludes halogenated alkanes) is 2. The van der Waals surface area contributed by atoms with E-state index in [0.717, 1.165) is 19.3 Å². The van der Waals surface area contributed by atoms with Crippen molar-refractivity contribution in [1.29, 1.82) is 0 Å². The van der Waals surface area contributed by atoms with Crippen molar-refractivity contribution in [3.05, 3.63) is 12.7 Å². The predicted molar refractivity (Wildman–Crippen MR) is 98.9 cm³/mol. The largest absolute Gasteiger partial charge is 0.456 e. The molecule has 27 heavy (non-hydrogen) atoms. The van der Waals surface area contributed by atoms with Crippen molar-refractivity contribution in [1.82, 2.24) is 0 Å². The number of carbonyl (C=O) groups excluding carboxylic acids is 3. The highest BCUT2D eigenvalue weighted by Crippen LogP contribution is 2.34. The van der Waals surface area contributed by atoms with Gasteiger partial charge in [0, 0.05) is 20.8 Å². The summed E-state index contributed by atoms with van der Waals surface area (Å²) in [7, 11) is 0. The lowest BCUT2D eigenvalue weighted by Crippen LogP contribution is -2.61. The van der Waals surface area contributed by atoms with Gasteiger partial charge in [-0.15, -0.1) is 18.3 Å². The Balaban J connectivity index is 3.02. The molecule has 1 aliphatic heterocycles. The average Bonchev–Trinajstić information content (AvgIpc) is 2.57. The summed E-state index contributed by atoms with van der Waals surface area (Å²) in [5, 5.41) is 9.67. The van der Waals surface area contributed by atoms with Crippen LogP contribution in [0.1, 0.15) is 40.0 Å². The Kier molecular flexibility index (Phi) is 10.4. The van der Waals surface area contributed by atoms with Crippen LogP contribution in [0.25, 0.3) is 0 Å². The van der Waals surface area contributed by atoms with Crippen LogP contribution >= 0.6 is 11.8 Å². The van der Waals surface area contributed by atoms with E-state index in [0.29, 0.717) is 5.75 Å². The first-order valence-electron chi connectivity index (χ1n) is 8.80. The van der Waals surface area contributed by atoms with Crippen molar-refractivity contribution < 1.29 is 38.4 Å². The summed E-state index contributed by atoms with van der Waals surface area (Å²) in [6.45, 7) is 6.86. The monoisotopic (exact) mass is 404 g/mol. The van der Waals surface area contributed by atoms with Crippen molar-refractivity contribution in [2.24, 2.45) is 0 Å². The molecule has 1 aliphatic rings. The summed E-state index contributed by atoms with van der Waals surface area (Å²) in [5.41, 5.74) is -0.675. The Hall–Kier alpha value is -1.58. The van der Waals surface area contributed by atoms with Crippen LogP contribution < -0.4 is 0 Å². The highest BCUT2D eigenvalue weighted by molar-refractivity contribution is 7.99. The van der Waals surface area contributed by atoms with Crippen LogP contribution in [-0.4, -0.2) is 65.2 Å². The molecule has 1 fully saturated rings. The van der Waals surface area contributed by atoms with Crippen molar-refractivity contribution in [2.75, 3.05) is 12.4 Å². The molecule has 1 rings (SSSR count). The van der Waals surface area contributed by atoms with E-state index in [1.807, 2.05) is 6.08 Å². The second-order valence-corrected chi connectivity index (χ2v) is 7.31. The van der Waals surface area contributed by atoms with Gasteiger partial charge in [-0.3, -0.25) is 14.4 Å². The van der Waals surface area contributed by atoms with E-state index in [1.54, 1.807) is 0 Å². The fourth-order valence-electron chi connectivity index (χ4n) is 2.73. The number of aliphatic hydroxyl groups is 1. The third-order valence-corrected chi connectivity index (χ3v) is 4.99. The Bertz CT molecular complexity index is 523. The third kappa shape index (κ3) is 7.90. The summed E-state index contributed by atoms with van der Waals surface area (Å²) in [4.78, 5) is 34.6. The summed E-state index contributed by atoms with van der Waals surface area (Å²) in [6.07, 6.45) is 0.533. The van der Waals surface area contributed by atoms with E-state index in [9.17, 15) is 19.5 Å². The summed E-state index contributed by atoms with van der Waals surface area (Å²) >= 11 is 1.39. The maximum atomic E-state index is 11.6. The van der Waals surface area contributed by atoms with Gasteiger partial charge in [0.1, 0.15) is 11.5 Å². The van der Waals surface area contributed by atoms with Crippen molar-refractivity contribution in [3.63, 3.8) is 0 Å². The number of ether oxygens (including phenoxy) is 4. The molecule has 0 aliphatic carbocycles. The van der Waals surface area contributed by atoms with Crippen LogP contribution in [-0.2, 0) is 33.3 Å². The third-order valence-electron chi connectivity index (χ3n) is 3.76. The Labute approximate surface area is 163 Å². The zero-order valence-electron chi connectivity index (χ0n) is 15.9. The van der Waals surface area contributed by atoms with Gasteiger partial charge in [-0.25, -0.2) is 0 Å². The molecular weight excluding hydrogens is 376 g/mol. The molecule has 0 saturated carbocycles. The number of esters is 3. The number of carbonyl (C=O) groups is 3. The van der Waals surface area contributed by atoms with Gasteiger partial charge in [0.25, 0.3) is 0 Å². The second kappa shape index (κ2) is 12.0. The number of hydrogen-bond donors (Lipinski definition) is 1. The molecule has 9 heteroatoms. The quantitative estimate of drug-likeness (QED) is 0.251. The summed E-state index contributed by atoms with van der Waals surface area (Å²) in [5.74, 6) is -1.12. The maximum Gasteiger partial charge on any atom is 0.303 e. The number of aliphatic hydroxyl groups excluding tert-OH is 1. The first kappa shape index (κ1) is 23.5. The molecule has 0 unspecified atom stereocenters. The topological polar surface area (TPSA) is 108 Å². The van der Waals surface area contributed by atoms with Crippen LogP contribution in [0.5, 0.6) is 0 Å². The van der Waals surface area contributed by atoms with Gasteiger partial charge in [0.15, 0.2) is 18.3 Å². The zero-order chi connectivity index (χ0) is 20.4. The molecule has 0 aromatic heterocycles. The van der Waals surface area contributed by atoms with Crippen LogP contribution in [0.3, 0.4) is 0 Å². The number of hydrogen-bond acceptors (Lipinski definition) is 9. The molecule has 8 nitrogen and oxygen atoms in total. The first-order chi connectivity index (χ1) is 12.8. The van der Waals surface area contributed by atoms with E-state index >= 15 is 0 Å². The molecule has 0 aromatic rings. The van der Waals surface area contributed by atoms with E-state index in [4.69, 9.17) is 18.9 Å². The minimum absolute atomic E-state index is 0.448. The predicted octanol–water partition coefficient (Wildman–Crippen LogP) is 1.59. The van der Waals surface area contributed by atoms with Crippen LogP contribution in [0, 0.1) is 0 Å². The van der Waals surface area contributed by atoms with Gasteiger partial charge in [-0.1, -0.05) is 6.08 Å². The fraction of sp³-hybridized carbons (Fsp3) is 0.722.